The summed E-state index contributed by atoms with van der Waals surface area (Å²) in [5, 5.41) is 0. The summed E-state index contributed by atoms with van der Waals surface area (Å²) in [5.74, 6) is 1.56. The fourth-order valence-electron chi connectivity index (χ4n) is 2.13. The summed E-state index contributed by atoms with van der Waals surface area (Å²) in [6.45, 7) is 0.572. The number of fused-ring (bicyclic) bond motifs is 1. The smallest absolute Gasteiger partial charge is 0.161 e. The van der Waals surface area contributed by atoms with Gasteiger partial charge in [-0.05, 0) is 41.7 Å². The Morgan fingerprint density at radius 2 is 1.88 bits per heavy atom. The minimum absolute atomic E-state index is 0.572. The van der Waals surface area contributed by atoms with E-state index in [0.29, 0.717) is 6.54 Å². The van der Waals surface area contributed by atoms with Crippen LogP contribution in [0.4, 0.5) is 0 Å². The first kappa shape index (κ1) is 11.0. The van der Waals surface area contributed by atoms with E-state index >= 15 is 0 Å². The molecular weight excluding hydrogens is 202 g/mol. The Bertz CT molecular complexity index is 424. The zero-order valence-corrected chi connectivity index (χ0v) is 9.75. The molecule has 0 fully saturated rings. The normalized spacial score (nSPS) is 14.1. The van der Waals surface area contributed by atoms with Gasteiger partial charge in [-0.15, -0.1) is 0 Å². The van der Waals surface area contributed by atoms with Crippen LogP contribution in [-0.2, 0) is 6.42 Å². The lowest BCUT2D eigenvalue weighted by Crippen LogP contribution is -2.09. The van der Waals surface area contributed by atoms with Crippen molar-refractivity contribution < 1.29 is 9.47 Å². The van der Waals surface area contributed by atoms with Gasteiger partial charge in [0.25, 0.3) is 0 Å². The molecular formula is C13H17NO2. The molecule has 0 atom stereocenters. The van der Waals surface area contributed by atoms with Crippen molar-refractivity contribution in [1.82, 2.24) is 0 Å². The van der Waals surface area contributed by atoms with Gasteiger partial charge in [0.15, 0.2) is 11.5 Å². The molecule has 3 nitrogen and oxygen atoms in total. The molecule has 1 aromatic carbocycles. The number of allylic oxidation sites excluding steroid dienone is 1. The van der Waals surface area contributed by atoms with E-state index in [1.807, 2.05) is 6.07 Å². The predicted molar refractivity (Wildman–Crippen MR) is 64.9 cm³/mol. The Morgan fingerprint density at radius 3 is 2.50 bits per heavy atom. The molecule has 3 heteroatoms. The Morgan fingerprint density at radius 1 is 1.19 bits per heavy atom. The second-order valence-corrected chi connectivity index (χ2v) is 3.84. The third-order valence-electron chi connectivity index (χ3n) is 2.98. The molecule has 86 valence electrons. The van der Waals surface area contributed by atoms with Gasteiger partial charge in [-0.3, -0.25) is 0 Å². The summed E-state index contributed by atoms with van der Waals surface area (Å²) in [5.41, 5.74) is 9.43. The van der Waals surface area contributed by atoms with Gasteiger partial charge in [-0.2, -0.15) is 0 Å². The van der Waals surface area contributed by atoms with Crippen molar-refractivity contribution >= 4 is 5.57 Å². The number of rotatable bonds is 3. The van der Waals surface area contributed by atoms with Gasteiger partial charge in [0.2, 0.25) is 0 Å². The lowest BCUT2D eigenvalue weighted by atomic mass is 9.90. The van der Waals surface area contributed by atoms with E-state index in [-0.39, 0.29) is 0 Å². The summed E-state index contributed by atoms with van der Waals surface area (Å²) in [6, 6.07) is 4.07. The summed E-state index contributed by atoms with van der Waals surface area (Å²) in [4.78, 5) is 0. The van der Waals surface area contributed by atoms with Crippen LogP contribution in [0.15, 0.2) is 18.2 Å². The van der Waals surface area contributed by atoms with E-state index in [4.69, 9.17) is 15.2 Å². The lowest BCUT2D eigenvalue weighted by Gasteiger charge is -2.19. The second kappa shape index (κ2) is 4.58. The molecule has 1 aromatic rings. The number of aryl methyl sites for hydroxylation is 1. The van der Waals surface area contributed by atoms with Crippen LogP contribution in [0.25, 0.3) is 5.57 Å². The van der Waals surface area contributed by atoms with Gasteiger partial charge in [0.1, 0.15) is 0 Å². The van der Waals surface area contributed by atoms with Gasteiger partial charge < -0.3 is 15.2 Å². The molecule has 0 saturated heterocycles. The molecule has 0 spiro atoms. The lowest BCUT2D eigenvalue weighted by molar-refractivity contribution is 0.354. The third-order valence-corrected chi connectivity index (χ3v) is 2.98. The van der Waals surface area contributed by atoms with Gasteiger partial charge in [0, 0.05) is 6.54 Å². The first-order chi connectivity index (χ1) is 7.80. The maximum Gasteiger partial charge on any atom is 0.161 e. The zero-order valence-electron chi connectivity index (χ0n) is 9.75. The predicted octanol–water partition coefficient (Wildman–Crippen LogP) is 1.99. The molecule has 1 aliphatic carbocycles. The molecule has 0 amide bonds. The fraction of sp³-hybridized carbons (Fsp3) is 0.385. The van der Waals surface area contributed by atoms with Crippen molar-refractivity contribution in [1.29, 1.82) is 0 Å². The molecule has 0 radical (unpaired) electrons. The fourth-order valence-corrected chi connectivity index (χ4v) is 2.13. The number of methoxy groups -OCH3 is 2. The number of nitrogens with two attached hydrogens (primary N) is 1. The maximum absolute atomic E-state index is 5.74. The average molecular weight is 219 g/mol. The van der Waals surface area contributed by atoms with Crippen molar-refractivity contribution in [2.24, 2.45) is 5.73 Å². The molecule has 2 rings (SSSR count). The highest BCUT2D eigenvalue weighted by atomic mass is 16.5. The highest BCUT2D eigenvalue weighted by molar-refractivity contribution is 5.73. The van der Waals surface area contributed by atoms with Crippen LogP contribution in [-0.4, -0.2) is 20.8 Å². The van der Waals surface area contributed by atoms with Crippen LogP contribution in [0.2, 0.25) is 0 Å². The zero-order chi connectivity index (χ0) is 11.5. The van der Waals surface area contributed by atoms with E-state index in [1.165, 1.54) is 16.7 Å². The molecule has 0 aromatic heterocycles. The van der Waals surface area contributed by atoms with E-state index in [0.717, 1.165) is 24.3 Å². The first-order valence-electron chi connectivity index (χ1n) is 5.44. The second-order valence-electron chi connectivity index (χ2n) is 3.84. The van der Waals surface area contributed by atoms with Crippen molar-refractivity contribution in [2.75, 3.05) is 20.8 Å². The van der Waals surface area contributed by atoms with Crippen molar-refractivity contribution in [2.45, 2.75) is 12.8 Å². The van der Waals surface area contributed by atoms with E-state index in [9.17, 15) is 0 Å². The minimum Gasteiger partial charge on any atom is -0.493 e. The van der Waals surface area contributed by atoms with E-state index < -0.39 is 0 Å². The van der Waals surface area contributed by atoms with Crippen LogP contribution in [0.3, 0.4) is 0 Å². The number of hydrogen-bond acceptors (Lipinski definition) is 3. The van der Waals surface area contributed by atoms with Crippen LogP contribution < -0.4 is 15.2 Å². The van der Waals surface area contributed by atoms with Gasteiger partial charge in [0.05, 0.1) is 14.2 Å². The Balaban J connectivity index is 2.52. The SMILES string of the molecule is COc1cc2c(cc1OC)C(CN)=CCC2. The molecule has 0 unspecified atom stereocenters. The van der Waals surface area contributed by atoms with Crippen molar-refractivity contribution in [3.05, 3.63) is 29.3 Å². The van der Waals surface area contributed by atoms with E-state index in [1.54, 1.807) is 14.2 Å². The largest absolute Gasteiger partial charge is 0.493 e. The van der Waals surface area contributed by atoms with Crippen molar-refractivity contribution in [3.8, 4) is 11.5 Å². The molecule has 0 heterocycles. The first-order valence-corrected chi connectivity index (χ1v) is 5.44. The van der Waals surface area contributed by atoms with Crippen LogP contribution in [0.5, 0.6) is 11.5 Å². The maximum atomic E-state index is 5.74. The monoisotopic (exact) mass is 219 g/mol. The highest BCUT2D eigenvalue weighted by Gasteiger charge is 2.15. The van der Waals surface area contributed by atoms with Gasteiger partial charge in [-0.1, -0.05) is 6.08 Å². The van der Waals surface area contributed by atoms with Gasteiger partial charge in [-0.25, -0.2) is 0 Å². The molecule has 0 aliphatic heterocycles. The summed E-state index contributed by atoms with van der Waals surface area (Å²) < 4.78 is 10.6. The van der Waals surface area contributed by atoms with Crippen molar-refractivity contribution in [3.63, 3.8) is 0 Å². The Kier molecular flexibility index (Phi) is 3.15. The molecule has 0 saturated carbocycles. The quantitative estimate of drug-likeness (QED) is 0.845. The molecule has 0 bridgehead atoms. The van der Waals surface area contributed by atoms with Crippen LogP contribution in [0.1, 0.15) is 17.5 Å². The molecule has 1 aliphatic rings. The summed E-state index contributed by atoms with van der Waals surface area (Å²) in [7, 11) is 3.31. The van der Waals surface area contributed by atoms with Crippen LogP contribution >= 0.6 is 0 Å². The third kappa shape index (κ3) is 1.78. The topological polar surface area (TPSA) is 44.5 Å². The number of benzene rings is 1. The van der Waals surface area contributed by atoms with Crippen LogP contribution in [0, 0.1) is 0 Å². The van der Waals surface area contributed by atoms with Gasteiger partial charge >= 0.3 is 0 Å². The number of hydrogen-bond donors (Lipinski definition) is 1. The highest BCUT2D eigenvalue weighted by Crippen LogP contribution is 2.36. The standard InChI is InChI=1S/C13H17NO2/c1-15-12-6-9-4-3-5-10(8-14)11(9)7-13(12)16-2/h5-7H,3-4,8,14H2,1-2H3. The summed E-state index contributed by atoms with van der Waals surface area (Å²) >= 11 is 0. The Labute approximate surface area is 95.9 Å². The average Bonchev–Trinajstić information content (AvgIpc) is 2.36. The number of ether oxygens (including phenoxy) is 2. The minimum atomic E-state index is 0.572. The molecule has 2 N–H and O–H groups in total. The summed E-state index contributed by atoms with van der Waals surface area (Å²) in [6.07, 6.45) is 4.29. The molecule has 16 heavy (non-hydrogen) atoms. The van der Waals surface area contributed by atoms with E-state index in [2.05, 4.69) is 12.1 Å². The Hall–Kier alpha value is -1.48.